The van der Waals surface area contributed by atoms with Gasteiger partial charge in [0.05, 0.1) is 11.6 Å². The second-order valence-corrected chi connectivity index (χ2v) is 3.90. The average molecular weight is 261 g/mol. The van der Waals surface area contributed by atoms with Crippen LogP contribution in [0.3, 0.4) is 0 Å². The Kier molecular flexibility index (Phi) is 5.34. The summed E-state index contributed by atoms with van der Waals surface area (Å²) >= 11 is 5.61. The smallest absolute Gasteiger partial charge is 0.239 e. The van der Waals surface area contributed by atoms with E-state index < -0.39 is 17.8 Å². The molecule has 1 aromatic rings. The third-order valence-corrected chi connectivity index (χ3v) is 2.46. The first-order valence-corrected chi connectivity index (χ1v) is 5.39. The van der Waals surface area contributed by atoms with Gasteiger partial charge in [0.1, 0.15) is 11.9 Å². The molecule has 0 aromatic heterocycles. The number of halogens is 2. The van der Waals surface area contributed by atoms with Crippen LogP contribution in [0.1, 0.15) is 5.56 Å². The Labute approximate surface area is 104 Å². The molecule has 6 heteroatoms. The summed E-state index contributed by atoms with van der Waals surface area (Å²) in [5, 5.41) is 2.53. The highest BCUT2D eigenvalue weighted by Crippen LogP contribution is 2.17. The molecule has 0 radical (unpaired) electrons. The molecule has 0 unspecified atom stereocenters. The summed E-state index contributed by atoms with van der Waals surface area (Å²) in [5.41, 5.74) is 5.82. The summed E-state index contributed by atoms with van der Waals surface area (Å²) in [6, 6.07) is 3.84. The zero-order valence-electron chi connectivity index (χ0n) is 9.37. The van der Waals surface area contributed by atoms with Gasteiger partial charge in [-0.3, -0.25) is 4.79 Å². The van der Waals surface area contributed by atoms with Gasteiger partial charge in [0.15, 0.2) is 0 Å². The average Bonchev–Trinajstić information content (AvgIpc) is 2.31. The second kappa shape index (κ2) is 6.54. The number of rotatable bonds is 5. The first kappa shape index (κ1) is 13.9. The number of carbonyl (C=O) groups is 1. The van der Waals surface area contributed by atoms with Gasteiger partial charge < -0.3 is 15.8 Å². The van der Waals surface area contributed by atoms with Crippen LogP contribution in [0.5, 0.6) is 0 Å². The van der Waals surface area contributed by atoms with Gasteiger partial charge >= 0.3 is 0 Å². The lowest BCUT2D eigenvalue weighted by molar-refractivity contribution is -0.123. The van der Waals surface area contributed by atoms with E-state index in [2.05, 4.69) is 5.32 Å². The van der Waals surface area contributed by atoms with Gasteiger partial charge in [-0.1, -0.05) is 23.7 Å². The van der Waals surface area contributed by atoms with Crippen molar-refractivity contribution in [1.29, 1.82) is 0 Å². The van der Waals surface area contributed by atoms with E-state index in [0.29, 0.717) is 5.56 Å². The van der Waals surface area contributed by atoms with Crippen LogP contribution in [0.25, 0.3) is 0 Å². The standard InChI is InChI=1S/C11H14ClFN2O2/c1-17-6-9(14)11(16)15-5-7-3-2-4-8(12)10(7)13/h2-4,9H,5-6,14H2,1H3,(H,15,16)/t9-/m1/s1. The number of nitrogens with one attached hydrogen (secondary N) is 1. The number of hydrogen-bond donors (Lipinski definition) is 2. The highest BCUT2D eigenvalue weighted by atomic mass is 35.5. The van der Waals surface area contributed by atoms with E-state index in [1.165, 1.54) is 13.2 Å². The predicted molar refractivity (Wildman–Crippen MR) is 63.1 cm³/mol. The van der Waals surface area contributed by atoms with Crippen molar-refractivity contribution in [3.05, 3.63) is 34.6 Å². The molecular formula is C11H14ClFN2O2. The van der Waals surface area contributed by atoms with Crippen LogP contribution < -0.4 is 11.1 Å². The maximum absolute atomic E-state index is 13.5. The molecular weight excluding hydrogens is 247 g/mol. The highest BCUT2D eigenvalue weighted by molar-refractivity contribution is 6.30. The van der Waals surface area contributed by atoms with Crippen LogP contribution in [-0.2, 0) is 16.1 Å². The van der Waals surface area contributed by atoms with E-state index in [0.717, 1.165) is 0 Å². The molecule has 0 saturated heterocycles. The van der Waals surface area contributed by atoms with E-state index in [1.807, 2.05) is 0 Å². The Bertz CT molecular complexity index is 401. The SMILES string of the molecule is COC[C@@H](N)C(=O)NCc1cccc(Cl)c1F. The van der Waals surface area contributed by atoms with Crippen LogP contribution in [-0.4, -0.2) is 25.7 Å². The summed E-state index contributed by atoms with van der Waals surface area (Å²) in [6.45, 7) is 0.159. The van der Waals surface area contributed by atoms with Crippen molar-refractivity contribution in [3.8, 4) is 0 Å². The zero-order chi connectivity index (χ0) is 12.8. The normalized spacial score (nSPS) is 12.2. The number of hydrogen-bond acceptors (Lipinski definition) is 3. The minimum absolute atomic E-state index is 0.0259. The lowest BCUT2D eigenvalue weighted by Gasteiger charge is -2.11. The maximum Gasteiger partial charge on any atom is 0.239 e. The maximum atomic E-state index is 13.5. The van der Waals surface area contributed by atoms with E-state index in [4.69, 9.17) is 22.1 Å². The fourth-order valence-corrected chi connectivity index (χ4v) is 1.45. The van der Waals surface area contributed by atoms with Crippen molar-refractivity contribution in [2.45, 2.75) is 12.6 Å². The Morgan fingerprint density at radius 1 is 1.65 bits per heavy atom. The lowest BCUT2D eigenvalue weighted by Crippen LogP contribution is -2.43. The number of ether oxygens (including phenoxy) is 1. The number of carbonyl (C=O) groups excluding carboxylic acids is 1. The molecule has 0 saturated carbocycles. The fraction of sp³-hybridized carbons (Fsp3) is 0.364. The number of nitrogens with two attached hydrogens (primary N) is 1. The first-order valence-electron chi connectivity index (χ1n) is 5.01. The number of amides is 1. The van der Waals surface area contributed by atoms with Gasteiger partial charge in [-0.2, -0.15) is 0 Å². The molecule has 0 spiro atoms. The first-order chi connectivity index (χ1) is 8.06. The van der Waals surface area contributed by atoms with Crippen LogP contribution in [0, 0.1) is 5.82 Å². The van der Waals surface area contributed by atoms with E-state index in [-0.39, 0.29) is 18.2 Å². The summed E-state index contributed by atoms with van der Waals surface area (Å²) in [6.07, 6.45) is 0. The molecule has 0 aliphatic rings. The van der Waals surface area contributed by atoms with Gasteiger partial charge in [-0.15, -0.1) is 0 Å². The van der Waals surface area contributed by atoms with Crippen molar-refractivity contribution in [2.24, 2.45) is 5.73 Å². The molecule has 0 bridgehead atoms. The zero-order valence-corrected chi connectivity index (χ0v) is 10.1. The van der Waals surface area contributed by atoms with Crippen molar-refractivity contribution < 1.29 is 13.9 Å². The Balaban J connectivity index is 2.56. The molecule has 1 rings (SSSR count). The molecule has 3 N–H and O–H groups in total. The fourth-order valence-electron chi connectivity index (χ4n) is 1.25. The summed E-state index contributed by atoms with van der Waals surface area (Å²) in [5.74, 6) is -0.930. The third-order valence-electron chi connectivity index (χ3n) is 2.17. The van der Waals surface area contributed by atoms with Gasteiger partial charge in [0, 0.05) is 19.2 Å². The molecule has 0 aliphatic carbocycles. The van der Waals surface area contributed by atoms with Crippen molar-refractivity contribution in [1.82, 2.24) is 5.32 Å². The number of benzene rings is 1. The van der Waals surface area contributed by atoms with E-state index in [9.17, 15) is 9.18 Å². The largest absolute Gasteiger partial charge is 0.383 e. The molecule has 1 atom stereocenters. The van der Waals surface area contributed by atoms with Gasteiger partial charge in [-0.05, 0) is 6.07 Å². The van der Waals surface area contributed by atoms with Crippen molar-refractivity contribution in [2.75, 3.05) is 13.7 Å². The summed E-state index contributed by atoms with van der Waals surface area (Å²) in [4.78, 5) is 11.4. The highest BCUT2D eigenvalue weighted by Gasteiger charge is 2.13. The lowest BCUT2D eigenvalue weighted by atomic mass is 10.2. The molecule has 1 amide bonds. The van der Waals surface area contributed by atoms with Gasteiger partial charge in [0.2, 0.25) is 5.91 Å². The van der Waals surface area contributed by atoms with Crippen LogP contribution in [0.15, 0.2) is 18.2 Å². The molecule has 17 heavy (non-hydrogen) atoms. The van der Waals surface area contributed by atoms with Gasteiger partial charge in [-0.25, -0.2) is 4.39 Å². The predicted octanol–water partition coefficient (Wildman–Crippen LogP) is 1.07. The summed E-state index contributed by atoms with van der Waals surface area (Å²) < 4.78 is 18.2. The quantitative estimate of drug-likeness (QED) is 0.832. The molecule has 0 fully saturated rings. The second-order valence-electron chi connectivity index (χ2n) is 3.49. The van der Waals surface area contributed by atoms with E-state index >= 15 is 0 Å². The molecule has 4 nitrogen and oxygen atoms in total. The monoisotopic (exact) mass is 260 g/mol. The topological polar surface area (TPSA) is 64.3 Å². The number of methoxy groups -OCH3 is 1. The Hall–Kier alpha value is -1.17. The molecule has 0 aliphatic heterocycles. The minimum atomic E-state index is -0.762. The van der Waals surface area contributed by atoms with Crippen LogP contribution >= 0.6 is 11.6 Å². The summed E-state index contributed by atoms with van der Waals surface area (Å²) in [7, 11) is 1.45. The minimum Gasteiger partial charge on any atom is -0.383 e. The Morgan fingerprint density at radius 3 is 3.00 bits per heavy atom. The van der Waals surface area contributed by atoms with Crippen LogP contribution in [0.4, 0.5) is 4.39 Å². The van der Waals surface area contributed by atoms with Crippen molar-refractivity contribution >= 4 is 17.5 Å². The molecule has 0 heterocycles. The van der Waals surface area contributed by atoms with Gasteiger partial charge in [0.25, 0.3) is 0 Å². The molecule has 1 aromatic carbocycles. The van der Waals surface area contributed by atoms with Crippen molar-refractivity contribution in [3.63, 3.8) is 0 Å². The Morgan fingerprint density at radius 2 is 2.35 bits per heavy atom. The molecule has 94 valence electrons. The van der Waals surface area contributed by atoms with E-state index in [1.54, 1.807) is 12.1 Å². The van der Waals surface area contributed by atoms with Crippen LogP contribution in [0.2, 0.25) is 5.02 Å². The third kappa shape index (κ3) is 3.96.